The third-order valence-electron chi connectivity index (χ3n) is 2.61. The van der Waals surface area contributed by atoms with Gasteiger partial charge in [-0.2, -0.15) is 0 Å². The monoisotopic (exact) mass is 331 g/mol. The van der Waals surface area contributed by atoms with Crippen molar-refractivity contribution < 1.29 is 4.92 Å². The lowest BCUT2D eigenvalue weighted by Crippen LogP contribution is -1.87. The normalized spacial score (nSPS) is 9.22. The molecule has 0 aliphatic carbocycles. The van der Waals surface area contributed by atoms with Crippen molar-refractivity contribution in [3.63, 3.8) is 0 Å². The van der Waals surface area contributed by atoms with Gasteiger partial charge in [-0.05, 0) is 18.2 Å². The summed E-state index contributed by atoms with van der Waals surface area (Å²) in [5, 5.41) is 14.6. The standard InChI is InChI=1S/C13H9N3O2S.2C2H6/c17-16(18)10-6-7-11-12(8-10)19-13(15-11)14-9-4-2-1-3-5-9;2*1-2/h1-8H,(H,14,15);2*1-2H3. The van der Waals surface area contributed by atoms with Crippen LogP contribution >= 0.6 is 11.3 Å². The van der Waals surface area contributed by atoms with Crippen LogP contribution in [-0.4, -0.2) is 9.91 Å². The van der Waals surface area contributed by atoms with Crippen LogP contribution in [0.5, 0.6) is 0 Å². The minimum Gasteiger partial charge on any atom is -0.332 e. The summed E-state index contributed by atoms with van der Waals surface area (Å²) in [4.78, 5) is 14.7. The van der Waals surface area contributed by atoms with Crippen molar-refractivity contribution in [2.45, 2.75) is 27.7 Å². The number of nitrogens with one attached hydrogen (secondary N) is 1. The number of hydrogen-bond acceptors (Lipinski definition) is 5. The molecule has 0 saturated carbocycles. The van der Waals surface area contributed by atoms with Crippen molar-refractivity contribution in [1.82, 2.24) is 4.98 Å². The van der Waals surface area contributed by atoms with Crippen LogP contribution in [-0.2, 0) is 0 Å². The molecule has 0 unspecified atom stereocenters. The SMILES string of the molecule is CC.CC.O=[N+]([O-])c1ccc2nc(Nc3ccccc3)sc2c1. The zero-order valence-electron chi connectivity index (χ0n) is 13.7. The molecule has 0 amide bonds. The Kier molecular flexibility index (Phi) is 7.70. The van der Waals surface area contributed by atoms with E-state index in [0.29, 0.717) is 0 Å². The van der Waals surface area contributed by atoms with E-state index in [9.17, 15) is 10.1 Å². The highest BCUT2D eigenvalue weighted by Gasteiger charge is 2.10. The second-order valence-corrected chi connectivity index (χ2v) is 4.95. The first-order valence-corrected chi connectivity index (χ1v) is 8.41. The first-order valence-electron chi connectivity index (χ1n) is 7.59. The lowest BCUT2D eigenvalue weighted by atomic mass is 10.3. The van der Waals surface area contributed by atoms with Crippen LogP contribution in [0.3, 0.4) is 0 Å². The lowest BCUT2D eigenvalue weighted by Gasteiger charge is -1.99. The summed E-state index contributed by atoms with van der Waals surface area (Å²) in [7, 11) is 0. The summed E-state index contributed by atoms with van der Waals surface area (Å²) in [5.41, 5.74) is 1.78. The highest BCUT2D eigenvalue weighted by atomic mass is 32.1. The Hall–Kier alpha value is -2.47. The molecule has 1 heterocycles. The number of hydrogen-bond donors (Lipinski definition) is 1. The fourth-order valence-electron chi connectivity index (χ4n) is 1.73. The zero-order valence-corrected chi connectivity index (χ0v) is 14.6. The van der Waals surface area contributed by atoms with Gasteiger partial charge in [0, 0.05) is 17.8 Å². The topological polar surface area (TPSA) is 68.1 Å². The highest BCUT2D eigenvalue weighted by molar-refractivity contribution is 7.22. The van der Waals surface area contributed by atoms with Crippen LogP contribution in [0.15, 0.2) is 48.5 Å². The van der Waals surface area contributed by atoms with E-state index in [1.54, 1.807) is 12.1 Å². The van der Waals surface area contributed by atoms with Crippen LogP contribution in [0.4, 0.5) is 16.5 Å². The number of benzene rings is 2. The molecule has 0 radical (unpaired) electrons. The molecule has 3 rings (SSSR count). The van der Waals surface area contributed by atoms with Gasteiger partial charge >= 0.3 is 0 Å². The Morgan fingerprint density at radius 3 is 2.30 bits per heavy atom. The van der Waals surface area contributed by atoms with E-state index in [4.69, 9.17) is 0 Å². The molecule has 0 atom stereocenters. The molecule has 1 aromatic heterocycles. The van der Waals surface area contributed by atoms with E-state index < -0.39 is 4.92 Å². The average molecular weight is 331 g/mol. The van der Waals surface area contributed by atoms with E-state index in [-0.39, 0.29) is 5.69 Å². The van der Waals surface area contributed by atoms with Gasteiger partial charge in [-0.1, -0.05) is 57.2 Å². The van der Waals surface area contributed by atoms with Crippen LogP contribution in [0.2, 0.25) is 0 Å². The van der Waals surface area contributed by atoms with Crippen LogP contribution in [0.1, 0.15) is 27.7 Å². The molecule has 122 valence electrons. The van der Waals surface area contributed by atoms with E-state index in [0.717, 1.165) is 21.0 Å². The summed E-state index contributed by atoms with van der Waals surface area (Å²) in [6, 6.07) is 14.4. The minimum absolute atomic E-state index is 0.0856. The van der Waals surface area contributed by atoms with Crippen LogP contribution in [0, 0.1) is 10.1 Å². The molecular formula is C17H21N3O2S. The number of fused-ring (bicyclic) bond motifs is 1. The molecule has 1 N–H and O–H groups in total. The molecule has 6 heteroatoms. The van der Waals surface area contributed by atoms with Crippen LogP contribution in [0.25, 0.3) is 10.2 Å². The predicted octanol–water partition coefficient (Wildman–Crippen LogP) is 6.00. The molecule has 0 fully saturated rings. The number of nitro groups is 1. The number of rotatable bonds is 3. The molecule has 0 bridgehead atoms. The summed E-state index contributed by atoms with van der Waals surface area (Å²) in [6.45, 7) is 8.00. The molecule has 5 nitrogen and oxygen atoms in total. The van der Waals surface area contributed by atoms with Gasteiger partial charge in [0.2, 0.25) is 0 Å². The summed E-state index contributed by atoms with van der Waals surface area (Å²) < 4.78 is 0.799. The number of anilines is 2. The van der Waals surface area contributed by atoms with Crippen molar-refractivity contribution in [2.24, 2.45) is 0 Å². The highest BCUT2D eigenvalue weighted by Crippen LogP contribution is 2.30. The quantitative estimate of drug-likeness (QED) is 0.472. The molecule has 2 aromatic carbocycles. The van der Waals surface area contributed by atoms with Crippen molar-refractivity contribution in [1.29, 1.82) is 0 Å². The Bertz CT molecular complexity index is 742. The third kappa shape index (κ3) is 5.03. The maximum Gasteiger partial charge on any atom is 0.270 e. The lowest BCUT2D eigenvalue weighted by molar-refractivity contribution is -0.384. The third-order valence-corrected chi connectivity index (χ3v) is 3.54. The zero-order chi connectivity index (χ0) is 17.2. The number of nitrogens with zero attached hydrogens (tertiary/aromatic N) is 2. The maximum absolute atomic E-state index is 10.7. The van der Waals surface area contributed by atoms with Gasteiger partial charge in [0.25, 0.3) is 5.69 Å². The van der Waals surface area contributed by atoms with Crippen molar-refractivity contribution in [3.8, 4) is 0 Å². The summed E-state index contributed by atoms with van der Waals surface area (Å²) in [5.74, 6) is 0. The summed E-state index contributed by atoms with van der Waals surface area (Å²) in [6.07, 6.45) is 0. The van der Waals surface area contributed by atoms with Crippen molar-refractivity contribution >= 4 is 38.1 Å². The average Bonchev–Trinajstić information content (AvgIpc) is 3.00. The number of aromatic nitrogens is 1. The largest absolute Gasteiger partial charge is 0.332 e. The van der Waals surface area contributed by atoms with Crippen LogP contribution < -0.4 is 5.32 Å². The second kappa shape index (κ2) is 9.53. The molecular weight excluding hydrogens is 310 g/mol. The molecule has 0 aliphatic rings. The van der Waals surface area contributed by atoms with Gasteiger partial charge < -0.3 is 5.32 Å². The van der Waals surface area contributed by atoms with Gasteiger partial charge in [-0.25, -0.2) is 4.98 Å². The van der Waals surface area contributed by atoms with Gasteiger partial charge in [-0.3, -0.25) is 10.1 Å². The molecule has 0 saturated heterocycles. The van der Waals surface area contributed by atoms with Crippen molar-refractivity contribution in [2.75, 3.05) is 5.32 Å². The van der Waals surface area contributed by atoms with E-state index in [1.165, 1.54) is 17.4 Å². The molecule has 23 heavy (non-hydrogen) atoms. The maximum atomic E-state index is 10.7. The number of thiazole rings is 1. The van der Waals surface area contributed by atoms with Gasteiger partial charge in [0.1, 0.15) is 0 Å². The van der Waals surface area contributed by atoms with E-state index in [2.05, 4.69) is 10.3 Å². The van der Waals surface area contributed by atoms with Gasteiger partial charge in [0.15, 0.2) is 5.13 Å². The molecule has 0 aliphatic heterocycles. The Morgan fingerprint density at radius 1 is 1.04 bits per heavy atom. The number of nitro benzene ring substituents is 1. The molecule has 0 spiro atoms. The smallest absolute Gasteiger partial charge is 0.270 e. The van der Waals surface area contributed by atoms with E-state index in [1.807, 2.05) is 58.0 Å². The van der Waals surface area contributed by atoms with Gasteiger partial charge in [0.05, 0.1) is 15.1 Å². The first kappa shape index (κ1) is 18.6. The minimum atomic E-state index is -0.399. The van der Waals surface area contributed by atoms with E-state index >= 15 is 0 Å². The Balaban J connectivity index is 0.000000615. The Labute approximate surface area is 140 Å². The fraction of sp³-hybridized carbons (Fsp3) is 0.235. The molecule has 3 aromatic rings. The van der Waals surface area contributed by atoms with Gasteiger partial charge in [-0.15, -0.1) is 0 Å². The number of non-ortho nitro benzene ring substituents is 1. The predicted molar refractivity (Wildman–Crippen MR) is 98.7 cm³/mol. The second-order valence-electron chi connectivity index (χ2n) is 3.92. The fourth-order valence-corrected chi connectivity index (χ4v) is 2.64. The Morgan fingerprint density at radius 2 is 1.70 bits per heavy atom. The first-order chi connectivity index (χ1) is 11.2. The number of para-hydroxylation sites is 1. The summed E-state index contributed by atoms with van der Waals surface area (Å²) >= 11 is 1.40. The van der Waals surface area contributed by atoms with Crippen molar-refractivity contribution in [3.05, 3.63) is 58.6 Å².